The van der Waals surface area contributed by atoms with Crippen LogP contribution >= 0.6 is 15.9 Å². The van der Waals surface area contributed by atoms with Gasteiger partial charge in [-0.25, -0.2) is 0 Å². The third kappa shape index (κ3) is 4.41. The van der Waals surface area contributed by atoms with Gasteiger partial charge in [-0.3, -0.25) is 9.69 Å². The average molecular weight is 404 g/mol. The molecule has 0 unspecified atom stereocenters. The summed E-state index contributed by atoms with van der Waals surface area (Å²) in [5.41, 5.74) is 1.84. The smallest absolute Gasteiger partial charge is 0.166 e. The molecular weight excluding hydrogens is 382 g/mol. The van der Waals surface area contributed by atoms with Gasteiger partial charge in [0, 0.05) is 28.1 Å². The minimum Gasteiger partial charge on any atom is -0.508 e. The molecule has 0 atom stereocenters. The normalized spacial score (nSPS) is 15.9. The number of benzene rings is 2. The summed E-state index contributed by atoms with van der Waals surface area (Å²) in [6.07, 6.45) is 1.71. The third-order valence-electron chi connectivity index (χ3n) is 4.75. The Kier molecular flexibility index (Phi) is 5.76. The number of nitrogens with zero attached hydrogens (tertiary/aromatic N) is 1. The number of hydrogen-bond acceptors (Lipinski definition) is 4. The Morgan fingerprint density at radius 1 is 1.20 bits per heavy atom. The number of Topliss-reactive ketones (excluding diaryl/α,β-unsaturated/α-hetero) is 1. The Morgan fingerprint density at radius 2 is 1.88 bits per heavy atom. The van der Waals surface area contributed by atoms with Crippen LogP contribution in [0.15, 0.2) is 46.9 Å². The van der Waals surface area contributed by atoms with E-state index in [0.717, 1.165) is 48.3 Å². The number of rotatable bonds is 5. The largest absolute Gasteiger partial charge is 0.508 e. The van der Waals surface area contributed by atoms with Crippen LogP contribution in [0.2, 0.25) is 0 Å². The zero-order chi connectivity index (χ0) is 17.8. The molecule has 3 rings (SSSR count). The highest BCUT2D eigenvalue weighted by atomic mass is 79.9. The summed E-state index contributed by atoms with van der Waals surface area (Å²) in [5.74, 6) is 1.32. The maximum Gasteiger partial charge on any atom is 0.166 e. The monoisotopic (exact) mass is 403 g/mol. The van der Waals surface area contributed by atoms with E-state index < -0.39 is 0 Å². The summed E-state index contributed by atoms with van der Waals surface area (Å²) in [7, 11) is 1.69. The molecule has 1 aliphatic heterocycles. The van der Waals surface area contributed by atoms with Gasteiger partial charge in [-0.05, 0) is 68.4 Å². The van der Waals surface area contributed by atoms with Crippen molar-refractivity contribution >= 4 is 21.7 Å². The molecule has 1 fully saturated rings. The number of methoxy groups -OCH3 is 1. The molecule has 1 aliphatic rings. The number of hydrogen-bond donors (Lipinski definition) is 1. The van der Waals surface area contributed by atoms with E-state index >= 15 is 0 Å². The van der Waals surface area contributed by atoms with E-state index in [1.54, 1.807) is 31.4 Å². The Balaban J connectivity index is 1.59. The van der Waals surface area contributed by atoms with E-state index in [1.165, 1.54) is 0 Å². The van der Waals surface area contributed by atoms with Crippen LogP contribution in [0, 0.1) is 5.92 Å². The van der Waals surface area contributed by atoms with Crippen molar-refractivity contribution in [3.05, 3.63) is 58.1 Å². The van der Waals surface area contributed by atoms with Crippen molar-refractivity contribution in [2.75, 3.05) is 20.2 Å². The molecule has 1 heterocycles. The number of aromatic hydroxyl groups is 1. The van der Waals surface area contributed by atoms with Gasteiger partial charge in [-0.15, -0.1) is 0 Å². The summed E-state index contributed by atoms with van der Waals surface area (Å²) in [4.78, 5) is 15.0. The van der Waals surface area contributed by atoms with Gasteiger partial charge < -0.3 is 9.84 Å². The summed E-state index contributed by atoms with van der Waals surface area (Å²) >= 11 is 3.51. The molecule has 0 bridgehead atoms. The van der Waals surface area contributed by atoms with Crippen LogP contribution in [-0.2, 0) is 6.54 Å². The Bertz CT molecular complexity index is 737. The van der Waals surface area contributed by atoms with E-state index in [4.69, 9.17) is 4.74 Å². The van der Waals surface area contributed by atoms with Crippen molar-refractivity contribution in [1.82, 2.24) is 4.90 Å². The Morgan fingerprint density at radius 3 is 2.52 bits per heavy atom. The highest BCUT2D eigenvalue weighted by molar-refractivity contribution is 9.10. The maximum absolute atomic E-state index is 12.6. The second kappa shape index (κ2) is 8.02. The van der Waals surface area contributed by atoms with Crippen LogP contribution in [0.4, 0.5) is 0 Å². The van der Waals surface area contributed by atoms with Crippen molar-refractivity contribution in [3.8, 4) is 11.5 Å². The number of halogens is 1. The number of carbonyl (C=O) groups is 1. The van der Waals surface area contributed by atoms with Gasteiger partial charge in [0.05, 0.1) is 7.11 Å². The van der Waals surface area contributed by atoms with Gasteiger partial charge in [0.2, 0.25) is 0 Å². The van der Waals surface area contributed by atoms with Gasteiger partial charge in [-0.2, -0.15) is 0 Å². The predicted molar refractivity (Wildman–Crippen MR) is 101 cm³/mol. The minimum absolute atomic E-state index is 0.0604. The van der Waals surface area contributed by atoms with Crippen LogP contribution in [0.5, 0.6) is 11.5 Å². The summed E-state index contributed by atoms with van der Waals surface area (Å²) in [6, 6.07) is 12.6. The predicted octanol–water partition coefficient (Wildman–Crippen LogP) is 4.26. The van der Waals surface area contributed by atoms with Gasteiger partial charge in [-0.1, -0.05) is 15.9 Å². The van der Waals surface area contributed by atoms with Crippen molar-refractivity contribution in [1.29, 1.82) is 0 Å². The average Bonchev–Trinajstić information content (AvgIpc) is 2.63. The zero-order valence-electron chi connectivity index (χ0n) is 14.2. The van der Waals surface area contributed by atoms with Crippen molar-refractivity contribution in [2.24, 2.45) is 5.92 Å². The molecule has 0 saturated carbocycles. The number of likely N-dealkylation sites (tertiary alicyclic amines) is 1. The second-order valence-electron chi connectivity index (χ2n) is 6.42. The topological polar surface area (TPSA) is 49.8 Å². The molecule has 0 amide bonds. The van der Waals surface area contributed by atoms with Crippen LogP contribution in [0.1, 0.15) is 28.8 Å². The first-order valence-corrected chi connectivity index (χ1v) is 9.24. The molecule has 4 nitrogen and oxygen atoms in total. The molecule has 0 spiro atoms. The van der Waals surface area contributed by atoms with Gasteiger partial charge in [0.15, 0.2) is 5.78 Å². The van der Waals surface area contributed by atoms with E-state index in [2.05, 4.69) is 26.9 Å². The zero-order valence-corrected chi connectivity index (χ0v) is 15.8. The lowest BCUT2D eigenvalue weighted by molar-refractivity contribution is 0.0834. The first-order chi connectivity index (χ1) is 12.1. The van der Waals surface area contributed by atoms with Gasteiger partial charge in [0.1, 0.15) is 11.5 Å². The molecule has 1 saturated heterocycles. The van der Waals surface area contributed by atoms with Crippen molar-refractivity contribution in [3.63, 3.8) is 0 Å². The number of carbonyl (C=O) groups excluding carboxylic acids is 1. The first-order valence-electron chi connectivity index (χ1n) is 8.45. The third-order valence-corrected chi connectivity index (χ3v) is 5.24. The number of ketones is 1. The molecule has 0 aromatic heterocycles. The van der Waals surface area contributed by atoms with Crippen molar-refractivity contribution < 1.29 is 14.6 Å². The quantitative estimate of drug-likeness (QED) is 0.757. The molecule has 0 aliphatic carbocycles. The molecular formula is C20H22BrNO3. The summed E-state index contributed by atoms with van der Waals surface area (Å²) < 4.78 is 6.49. The number of piperidine rings is 1. The number of phenols is 1. The summed E-state index contributed by atoms with van der Waals surface area (Å²) in [5, 5.41) is 9.35. The van der Waals surface area contributed by atoms with Gasteiger partial charge >= 0.3 is 0 Å². The van der Waals surface area contributed by atoms with E-state index in [9.17, 15) is 9.90 Å². The lowest BCUT2D eigenvalue weighted by Gasteiger charge is -2.31. The summed E-state index contributed by atoms with van der Waals surface area (Å²) in [6.45, 7) is 2.61. The molecule has 5 heteroatoms. The molecule has 1 N–H and O–H groups in total. The van der Waals surface area contributed by atoms with E-state index in [-0.39, 0.29) is 17.5 Å². The molecule has 2 aromatic carbocycles. The van der Waals surface area contributed by atoms with Crippen LogP contribution < -0.4 is 4.74 Å². The SMILES string of the molecule is COc1ccc(Br)cc1CN1CCC(C(=O)c2ccc(O)cc2)CC1. The van der Waals surface area contributed by atoms with E-state index in [0.29, 0.717) is 5.56 Å². The standard InChI is InChI=1S/C20H22BrNO3/c1-25-19-7-4-17(21)12-16(19)13-22-10-8-15(9-11-22)20(24)14-2-5-18(23)6-3-14/h2-7,12,15,23H,8-11,13H2,1H3. The van der Waals surface area contributed by atoms with Crippen LogP contribution in [0.25, 0.3) is 0 Å². The number of phenolic OH excluding ortho intramolecular Hbond substituents is 1. The molecule has 0 radical (unpaired) electrons. The van der Waals surface area contributed by atoms with Crippen LogP contribution in [-0.4, -0.2) is 36.0 Å². The molecule has 2 aromatic rings. The van der Waals surface area contributed by atoms with Gasteiger partial charge in [0.25, 0.3) is 0 Å². The van der Waals surface area contributed by atoms with Crippen molar-refractivity contribution in [2.45, 2.75) is 19.4 Å². The van der Waals surface area contributed by atoms with Crippen LogP contribution in [0.3, 0.4) is 0 Å². The lowest BCUT2D eigenvalue weighted by Crippen LogP contribution is -2.36. The maximum atomic E-state index is 12.6. The first kappa shape index (κ1) is 18.0. The Hall–Kier alpha value is -1.85. The fourth-order valence-corrected chi connectivity index (χ4v) is 3.73. The van der Waals surface area contributed by atoms with E-state index in [1.807, 2.05) is 12.1 Å². The molecule has 25 heavy (non-hydrogen) atoms. The minimum atomic E-state index is 0.0604. The fourth-order valence-electron chi connectivity index (χ4n) is 3.33. The Labute approximate surface area is 156 Å². The number of ether oxygens (including phenoxy) is 1. The lowest BCUT2D eigenvalue weighted by atomic mass is 9.88. The highest BCUT2D eigenvalue weighted by Gasteiger charge is 2.26. The highest BCUT2D eigenvalue weighted by Crippen LogP contribution is 2.28. The second-order valence-corrected chi connectivity index (χ2v) is 7.33. The molecule has 132 valence electrons. The fraction of sp³-hybridized carbons (Fsp3) is 0.350.